The predicted octanol–water partition coefficient (Wildman–Crippen LogP) is 3.39. The van der Waals surface area contributed by atoms with Crippen LogP contribution in [0.5, 0.6) is 0 Å². The molecule has 0 saturated carbocycles. The van der Waals surface area contributed by atoms with Gasteiger partial charge in [-0.15, -0.1) is 0 Å². The summed E-state index contributed by atoms with van der Waals surface area (Å²) < 4.78 is 66.1. The standard InChI is InChI=1S/C16H17BrF3N3O4S/c17-11-8-10(3-4-12(11)18)9-14(21-24)16-13(22-27-23-16)2-1-6-28(25,26)7-5-15(19)20/h3-4,8,15,24H,1-2,5-7,9H2/b21-14+. The Hall–Kier alpha value is -1.95. The number of nitrogens with zero attached hydrogens (tertiary/aromatic N) is 3. The Morgan fingerprint density at radius 2 is 2.04 bits per heavy atom. The van der Waals surface area contributed by atoms with E-state index in [0.717, 1.165) is 0 Å². The number of hydrogen-bond acceptors (Lipinski definition) is 7. The zero-order chi connectivity index (χ0) is 20.7. The summed E-state index contributed by atoms with van der Waals surface area (Å²) in [6.07, 6.45) is -3.01. The monoisotopic (exact) mass is 483 g/mol. The molecule has 2 aromatic rings. The summed E-state index contributed by atoms with van der Waals surface area (Å²) in [5, 5.41) is 19.9. The van der Waals surface area contributed by atoms with Gasteiger partial charge in [0.1, 0.15) is 17.2 Å². The highest BCUT2D eigenvalue weighted by Gasteiger charge is 2.20. The van der Waals surface area contributed by atoms with E-state index in [-0.39, 0.29) is 46.6 Å². The first-order valence-corrected chi connectivity index (χ1v) is 10.8. The Balaban J connectivity index is 2.02. The van der Waals surface area contributed by atoms with Crippen LogP contribution in [0, 0.1) is 5.82 Å². The van der Waals surface area contributed by atoms with Gasteiger partial charge in [-0.25, -0.2) is 26.2 Å². The lowest BCUT2D eigenvalue weighted by molar-refractivity contribution is 0.145. The molecular formula is C16H17BrF3N3O4S. The molecule has 0 unspecified atom stereocenters. The van der Waals surface area contributed by atoms with Crippen LogP contribution in [0.4, 0.5) is 13.2 Å². The van der Waals surface area contributed by atoms with Gasteiger partial charge in [-0.2, -0.15) is 0 Å². The second kappa shape index (κ2) is 10.0. The van der Waals surface area contributed by atoms with Gasteiger partial charge < -0.3 is 5.21 Å². The Labute approximate surface area is 167 Å². The molecule has 12 heteroatoms. The fourth-order valence-electron chi connectivity index (χ4n) is 2.43. The molecule has 7 nitrogen and oxygen atoms in total. The lowest BCUT2D eigenvalue weighted by Crippen LogP contribution is -2.15. The van der Waals surface area contributed by atoms with E-state index in [1.54, 1.807) is 0 Å². The van der Waals surface area contributed by atoms with Crippen molar-refractivity contribution in [3.8, 4) is 0 Å². The van der Waals surface area contributed by atoms with Gasteiger partial charge in [0.25, 0.3) is 0 Å². The van der Waals surface area contributed by atoms with Crippen molar-refractivity contribution < 1.29 is 31.4 Å². The van der Waals surface area contributed by atoms with Gasteiger partial charge in [0.2, 0.25) is 6.43 Å². The number of sulfone groups is 1. The van der Waals surface area contributed by atoms with E-state index in [4.69, 9.17) is 0 Å². The largest absolute Gasteiger partial charge is 0.411 e. The highest BCUT2D eigenvalue weighted by Crippen LogP contribution is 2.19. The van der Waals surface area contributed by atoms with E-state index in [0.29, 0.717) is 5.56 Å². The average Bonchev–Trinajstić information content (AvgIpc) is 3.09. The second-order valence-electron chi connectivity index (χ2n) is 5.97. The summed E-state index contributed by atoms with van der Waals surface area (Å²) >= 11 is 3.07. The van der Waals surface area contributed by atoms with Crippen molar-refractivity contribution in [2.45, 2.75) is 32.1 Å². The first kappa shape index (κ1) is 22.3. The minimum Gasteiger partial charge on any atom is -0.411 e. The first-order valence-electron chi connectivity index (χ1n) is 8.17. The molecule has 1 heterocycles. The summed E-state index contributed by atoms with van der Waals surface area (Å²) in [6.45, 7) is 0. The molecule has 0 amide bonds. The molecule has 0 aliphatic heterocycles. The number of aromatic nitrogens is 2. The van der Waals surface area contributed by atoms with Gasteiger partial charge in [-0.05, 0) is 51.6 Å². The third-order valence-corrected chi connectivity index (χ3v) is 6.20. The highest BCUT2D eigenvalue weighted by molar-refractivity contribution is 9.10. The molecule has 0 aliphatic carbocycles. The smallest absolute Gasteiger partial charge is 0.239 e. The van der Waals surface area contributed by atoms with Crippen molar-refractivity contribution in [2.24, 2.45) is 5.16 Å². The van der Waals surface area contributed by atoms with Gasteiger partial charge in [-0.3, -0.25) is 0 Å². The van der Waals surface area contributed by atoms with Crippen molar-refractivity contribution >= 4 is 31.5 Å². The van der Waals surface area contributed by atoms with Gasteiger partial charge >= 0.3 is 0 Å². The van der Waals surface area contributed by atoms with Crippen LogP contribution in [0.25, 0.3) is 0 Å². The normalized spacial score (nSPS) is 12.7. The van der Waals surface area contributed by atoms with E-state index >= 15 is 0 Å². The molecule has 0 fully saturated rings. The summed E-state index contributed by atoms with van der Waals surface area (Å²) in [5.41, 5.74) is 1.16. The van der Waals surface area contributed by atoms with E-state index in [2.05, 4.69) is 36.0 Å². The van der Waals surface area contributed by atoms with Crippen LogP contribution < -0.4 is 0 Å². The summed E-state index contributed by atoms with van der Waals surface area (Å²) in [7, 11) is -3.61. The van der Waals surface area contributed by atoms with E-state index in [9.17, 15) is 26.8 Å². The number of aryl methyl sites for hydroxylation is 1. The number of oxime groups is 1. The van der Waals surface area contributed by atoms with Gasteiger partial charge in [0, 0.05) is 12.8 Å². The summed E-state index contributed by atoms with van der Waals surface area (Å²) in [6, 6.07) is 4.28. The maximum Gasteiger partial charge on any atom is 0.239 e. The molecular weight excluding hydrogens is 467 g/mol. The third-order valence-electron chi connectivity index (χ3n) is 3.82. The van der Waals surface area contributed by atoms with Crippen LogP contribution in [-0.2, 0) is 22.7 Å². The fraction of sp³-hybridized carbons (Fsp3) is 0.438. The van der Waals surface area contributed by atoms with Crippen molar-refractivity contribution in [1.82, 2.24) is 10.3 Å². The van der Waals surface area contributed by atoms with Crippen LogP contribution >= 0.6 is 15.9 Å². The molecule has 2 rings (SSSR count). The highest BCUT2D eigenvalue weighted by atomic mass is 79.9. The maximum atomic E-state index is 13.3. The van der Waals surface area contributed by atoms with Crippen molar-refractivity contribution in [2.75, 3.05) is 11.5 Å². The minimum absolute atomic E-state index is 0.100. The average molecular weight is 484 g/mol. The van der Waals surface area contributed by atoms with Crippen molar-refractivity contribution in [1.29, 1.82) is 0 Å². The molecule has 0 atom stereocenters. The number of alkyl halides is 2. The lowest BCUT2D eigenvalue weighted by Gasteiger charge is -2.05. The first-order chi connectivity index (χ1) is 13.2. The Morgan fingerprint density at radius 3 is 2.68 bits per heavy atom. The van der Waals surface area contributed by atoms with Crippen LogP contribution in [0.15, 0.2) is 32.5 Å². The number of halogens is 4. The van der Waals surface area contributed by atoms with E-state index in [1.165, 1.54) is 18.2 Å². The quantitative estimate of drug-likeness (QED) is 0.315. The SMILES string of the molecule is O=S(=O)(CCCc1nonc1/C(Cc1ccc(F)c(Br)c1)=N/O)CCC(F)F. The Bertz CT molecular complexity index is 935. The second-order valence-corrected chi connectivity index (χ2v) is 9.12. The van der Waals surface area contributed by atoms with Gasteiger partial charge in [0.15, 0.2) is 15.5 Å². The molecule has 0 radical (unpaired) electrons. The molecule has 0 aliphatic rings. The summed E-state index contributed by atoms with van der Waals surface area (Å²) in [4.78, 5) is 0. The number of rotatable bonds is 10. The number of benzene rings is 1. The molecule has 1 aromatic carbocycles. The Kier molecular flexibility index (Phi) is 7.98. The van der Waals surface area contributed by atoms with Crippen LogP contribution in [0.2, 0.25) is 0 Å². The minimum atomic E-state index is -3.61. The summed E-state index contributed by atoms with van der Waals surface area (Å²) in [5.74, 6) is -1.32. The molecule has 0 spiro atoms. The molecule has 154 valence electrons. The van der Waals surface area contributed by atoms with E-state index < -0.39 is 34.3 Å². The van der Waals surface area contributed by atoms with Gasteiger partial charge in [-0.1, -0.05) is 16.4 Å². The molecule has 0 bridgehead atoms. The fourth-order valence-corrected chi connectivity index (χ4v) is 4.18. The zero-order valence-electron chi connectivity index (χ0n) is 14.5. The lowest BCUT2D eigenvalue weighted by atomic mass is 10.0. The third kappa shape index (κ3) is 6.59. The molecule has 0 saturated heterocycles. The molecule has 1 aromatic heterocycles. The molecule has 1 N–H and O–H groups in total. The van der Waals surface area contributed by atoms with Gasteiger partial charge in [0.05, 0.1) is 16.0 Å². The van der Waals surface area contributed by atoms with Crippen LogP contribution in [0.3, 0.4) is 0 Å². The Morgan fingerprint density at radius 1 is 1.29 bits per heavy atom. The predicted molar refractivity (Wildman–Crippen MR) is 98.0 cm³/mol. The topological polar surface area (TPSA) is 106 Å². The van der Waals surface area contributed by atoms with E-state index in [1.807, 2.05) is 0 Å². The van der Waals surface area contributed by atoms with Crippen molar-refractivity contribution in [3.63, 3.8) is 0 Å². The maximum absolute atomic E-state index is 13.3. The van der Waals surface area contributed by atoms with Crippen molar-refractivity contribution in [3.05, 3.63) is 45.4 Å². The van der Waals surface area contributed by atoms with Crippen LogP contribution in [-0.4, -0.2) is 47.6 Å². The van der Waals surface area contributed by atoms with Crippen LogP contribution in [0.1, 0.15) is 29.8 Å². The molecule has 28 heavy (non-hydrogen) atoms. The zero-order valence-corrected chi connectivity index (χ0v) is 16.9. The number of hydrogen-bond donors (Lipinski definition) is 1.